The molecule has 2 N–H and O–H groups in total. The second kappa shape index (κ2) is 8.87. The first-order valence-corrected chi connectivity index (χ1v) is 8.38. The van der Waals surface area contributed by atoms with Crippen LogP contribution >= 0.6 is 0 Å². The van der Waals surface area contributed by atoms with Gasteiger partial charge in [0.1, 0.15) is 5.75 Å². The number of para-hydroxylation sites is 1. The highest BCUT2D eigenvalue weighted by Gasteiger charge is 2.13. The minimum absolute atomic E-state index is 0.118. The molecule has 0 bridgehead atoms. The van der Waals surface area contributed by atoms with Crippen molar-refractivity contribution >= 4 is 17.5 Å². The van der Waals surface area contributed by atoms with E-state index in [2.05, 4.69) is 10.6 Å². The summed E-state index contributed by atoms with van der Waals surface area (Å²) in [6, 6.07) is 12.6. The summed E-state index contributed by atoms with van der Waals surface area (Å²) >= 11 is 0. The molecule has 0 spiro atoms. The SMILES string of the molecule is CCCNC(=O)c1ccccc1NC(=O)COc1ccc(C)c(C)c1. The second-order valence-corrected chi connectivity index (χ2v) is 5.88. The number of aryl methyl sites for hydroxylation is 2. The van der Waals surface area contributed by atoms with Gasteiger partial charge in [0.25, 0.3) is 11.8 Å². The van der Waals surface area contributed by atoms with Crippen molar-refractivity contribution in [3.8, 4) is 5.75 Å². The summed E-state index contributed by atoms with van der Waals surface area (Å²) in [6.07, 6.45) is 0.851. The number of amides is 2. The maximum Gasteiger partial charge on any atom is 0.262 e. The standard InChI is InChI=1S/C20H24N2O3/c1-4-11-21-20(24)17-7-5-6-8-18(17)22-19(23)13-25-16-10-9-14(2)15(3)12-16/h5-10,12H,4,11,13H2,1-3H3,(H,21,24)(H,22,23). The molecule has 5 heteroatoms. The zero-order chi connectivity index (χ0) is 18.2. The van der Waals surface area contributed by atoms with Crippen molar-refractivity contribution in [2.45, 2.75) is 27.2 Å². The van der Waals surface area contributed by atoms with Crippen LogP contribution < -0.4 is 15.4 Å². The van der Waals surface area contributed by atoms with Crippen LogP contribution in [-0.4, -0.2) is 25.0 Å². The van der Waals surface area contributed by atoms with Crippen molar-refractivity contribution in [2.75, 3.05) is 18.5 Å². The van der Waals surface area contributed by atoms with E-state index in [0.29, 0.717) is 23.5 Å². The predicted octanol–water partition coefficient (Wildman–Crippen LogP) is 3.46. The predicted molar refractivity (Wildman–Crippen MR) is 99.1 cm³/mol. The van der Waals surface area contributed by atoms with Crippen molar-refractivity contribution in [1.29, 1.82) is 0 Å². The molecular formula is C20H24N2O3. The highest BCUT2D eigenvalue weighted by Crippen LogP contribution is 2.17. The zero-order valence-corrected chi connectivity index (χ0v) is 14.9. The van der Waals surface area contributed by atoms with E-state index in [9.17, 15) is 9.59 Å². The number of hydrogen-bond donors (Lipinski definition) is 2. The maximum absolute atomic E-state index is 12.2. The van der Waals surface area contributed by atoms with Crippen molar-refractivity contribution in [3.05, 3.63) is 59.2 Å². The molecule has 0 aliphatic heterocycles. The Hall–Kier alpha value is -2.82. The number of anilines is 1. The van der Waals surface area contributed by atoms with Gasteiger partial charge in [0.15, 0.2) is 6.61 Å². The topological polar surface area (TPSA) is 67.4 Å². The van der Waals surface area contributed by atoms with Gasteiger partial charge in [-0.2, -0.15) is 0 Å². The third-order valence-corrected chi connectivity index (χ3v) is 3.83. The Kier molecular flexibility index (Phi) is 6.57. The normalized spacial score (nSPS) is 10.2. The smallest absolute Gasteiger partial charge is 0.262 e. The van der Waals surface area contributed by atoms with Gasteiger partial charge in [-0.25, -0.2) is 0 Å². The average molecular weight is 340 g/mol. The molecule has 0 aliphatic carbocycles. The lowest BCUT2D eigenvalue weighted by atomic mass is 10.1. The number of nitrogens with one attached hydrogen (secondary N) is 2. The van der Waals surface area contributed by atoms with Gasteiger partial charge < -0.3 is 15.4 Å². The molecule has 132 valence electrons. The molecule has 0 saturated carbocycles. The number of ether oxygens (including phenoxy) is 1. The summed E-state index contributed by atoms with van der Waals surface area (Å²) in [5.41, 5.74) is 3.19. The molecular weight excluding hydrogens is 316 g/mol. The Morgan fingerprint density at radius 3 is 2.52 bits per heavy atom. The summed E-state index contributed by atoms with van der Waals surface area (Å²) in [6.45, 7) is 6.47. The third-order valence-electron chi connectivity index (χ3n) is 3.83. The fourth-order valence-electron chi connectivity index (χ4n) is 2.26. The van der Waals surface area contributed by atoms with Crippen LogP contribution in [0.1, 0.15) is 34.8 Å². The molecule has 0 atom stereocenters. The molecule has 2 aromatic rings. The minimum atomic E-state index is -0.311. The summed E-state index contributed by atoms with van der Waals surface area (Å²) in [5.74, 6) is 0.133. The number of carbonyl (C=O) groups is 2. The molecule has 0 saturated heterocycles. The lowest BCUT2D eigenvalue weighted by molar-refractivity contribution is -0.118. The lowest BCUT2D eigenvalue weighted by Gasteiger charge is -2.12. The van der Waals surface area contributed by atoms with Crippen LogP contribution in [0.25, 0.3) is 0 Å². The highest BCUT2D eigenvalue weighted by atomic mass is 16.5. The Morgan fingerprint density at radius 1 is 1.04 bits per heavy atom. The molecule has 2 amide bonds. The van der Waals surface area contributed by atoms with Crippen molar-refractivity contribution in [1.82, 2.24) is 5.32 Å². The number of benzene rings is 2. The molecule has 0 radical (unpaired) electrons. The van der Waals surface area contributed by atoms with Gasteiger partial charge in [-0.3, -0.25) is 9.59 Å². The monoisotopic (exact) mass is 340 g/mol. The third kappa shape index (κ3) is 5.35. The summed E-state index contributed by atoms with van der Waals surface area (Å²) in [7, 11) is 0. The molecule has 0 aromatic heterocycles. The van der Waals surface area contributed by atoms with Crippen LogP contribution in [0, 0.1) is 13.8 Å². The molecule has 0 fully saturated rings. The van der Waals surface area contributed by atoms with Gasteiger partial charge in [0.2, 0.25) is 0 Å². The molecule has 2 aromatic carbocycles. The number of rotatable bonds is 7. The summed E-state index contributed by atoms with van der Waals surface area (Å²) in [4.78, 5) is 24.3. The highest BCUT2D eigenvalue weighted by molar-refractivity contribution is 6.04. The van der Waals surface area contributed by atoms with E-state index in [1.54, 1.807) is 24.3 Å². The van der Waals surface area contributed by atoms with E-state index in [-0.39, 0.29) is 18.4 Å². The van der Waals surface area contributed by atoms with Crippen LogP contribution in [0.15, 0.2) is 42.5 Å². The average Bonchev–Trinajstić information content (AvgIpc) is 2.61. The quantitative estimate of drug-likeness (QED) is 0.811. The molecule has 25 heavy (non-hydrogen) atoms. The largest absolute Gasteiger partial charge is 0.484 e. The van der Waals surface area contributed by atoms with Gasteiger partial charge in [-0.15, -0.1) is 0 Å². The maximum atomic E-state index is 12.2. The minimum Gasteiger partial charge on any atom is -0.484 e. The molecule has 0 unspecified atom stereocenters. The van der Waals surface area contributed by atoms with Crippen LogP contribution in [0.3, 0.4) is 0 Å². The number of hydrogen-bond acceptors (Lipinski definition) is 3. The zero-order valence-electron chi connectivity index (χ0n) is 14.9. The van der Waals surface area contributed by atoms with Gasteiger partial charge in [-0.1, -0.05) is 25.1 Å². The van der Waals surface area contributed by atoms with Crippen LogP contribution in [0.2, 0.25) is 0 Å². The van der Waals surface area contributed by atoms with Crippen LogP contribution in [0.4, 0.5) is 5.69 Å². The Bertz CT molecular complexity index is 756. The first-order valence-electron chi connectivity index (χ1n) is 8.38. The number of carbonyl (C=O) groups excluding carboxylic acids is 2. The van der Waals surface area contributed by atoms with Crippen LogP contribution in [-0.2, 0) is 4.79 Å². The van der Waals surface area contributed by atoms with Crippen LogP contribution in [0.5, 0.6) is 5.75 Å². The second-order valence-electron chi connectivity index (χ2n) is 5.88. The van der Waals surface area contributed by atoms with Crippen molar-refractivity contribution < 1.29 is 14.3 Å². The fourth-order valence-corrected chi connectivity index (χ4v) is 2.26. The van der Waals surface area contributed by atoms with Gasteiger partial charge in [0.05, 0.1) is 11.3 Å². The Morgan fingerprint density at radius 2 is 1.80 bits per heavy atom. The lowest BCUT2D eigenvalue weighted by Crippen LogP contribution is -2.27. The van der Waals surface area contributed by atoms with Gasteiger partial charge >= 0.3 is 0 Å². The van der Waals surface area contributed by atoms with E-state index in [1.807, 2.05) is 39.0 Å². The summed E-state index contributed by atoms with van der Waals surface area (Å²) < 4.78 is 5.53. The summed E-state index contributed by atoms with van der Waals surface area (Å²) in [5, 5.41) is 5.55. The van der Waals surface area contributed by atoms with Crippen molar-refractivity contribution in [3.63, 3.8) is 0 Å². The van der Waals surface area contributed by atoms with E-state index < -0.39 is 0 Å². The first-order chi connectivity index (χ1) is 12.0. The van der Waals surface area contributed by atoms with E-state index in [0.717, 1.165) is 12.0 Å². The Labute approximate surface area is 148 Å². The van der Waals surface area contributed by atoms with E-state index in [4.69, 9.17) is 4.74 Å². The van der Waals surface area contributed by atoms with E-state index in [1.165, 1.54) is 5.56 Å². The molecule has 0 aliphatic rings. The molecule has 2 rings (SSSR count). The fraction of sp³-hybridized carbons (Fsp3) is 0.300. The first kappa shape index (κ1) is 18.5. The van der Waals surface area contributed by atoms with E-state index >= 15 is 0 Å². The van der Waals surface area contributed by atoms with Crippen molar-refractivity contribution in [2.24, 2.45) is 0 Å². The molecule has 0 heterocycles. The van der Waals surface area contributed by atoms with Gasteiger partial charge in [0, 0.05) is 6.54 Å². The Balaban J connectivity index is 1.98. The van der Waals surface area contributed by atoms with Gasteiger partial charge in [-0.05, 0) is 55.7 Å². The molecule has 5 nitrogen and oxygen atoms in total.